The van der Waals surface area contributed by atoms with Crippen LogP contribution in [0.1, 0.15) is 76.3 Å². The van der Waals surface area contributed by atoms with Crippen LogP contribution in [0, 0.1) is 0 Å². The maximum atomic E-state index is 12.9. The molecule has 28 nitrogen and oxygen atoms in total. The number of methoxy groups -OCH3 is 1. The lowest BCUT2D eigenvalue weighted by Gasteiger charge is -2.31. The maximum Gasteiger partial charge on any atom is 0.303 e. The summed E-state index contributed by atoms with van der Waals surface area (Å²) < 4.78 is 250. The summed E-state index contributed by atoms with van der Waals surface area (Å²) in [4.78, 5) is 9.55. The Hall–Kier alpha value is -4.96. The summed E-state index contributed by atoms with van der Waals surface area (Å²) in [7, 11) is -28.8. The van der Waals surface area contributed by atoms with Crippen LogP contribution in [0.4, 0.5) is 11.4 Å². The zero-order chi connectivity index (χ0) is 65.1. The second kappa shape index (κ2) is 30.0. The van der Waals surface area contributed by atoms with Crippen LogP contribution in [0.5, 0.6) is 0 Å². The van der Waals surface area contributed by atoms with E-state index < -0.39 is 109 Å². The Kier molecular flexibility index (Phi) is 24.6. The molecule has 0 spiro atoms. The highest BCUT2D eigenvalue weighted by molar-refractivity contribution is 7.87. The molecule has 0 aliphatic carbocycles. The Morgan fingerprint density at radius 1 is 0.568 bits per heavy atom. The van der Waals surface area contributed by atoms with Crippen molar-refractivity contribution in [3.63, 3.8) is 0 Å². The first kappa shape index (κ1) is 72.1. The number of rotatable bonds is 38. The van der Waals surface area contributed by atoms with Crippen LogP contribution in [0.25, 0.3) is 21.5 Å². The third kappa shape index (κ3) is 18.8. The molecule has 6 rings (SSSR count). The average Bonchev–Trinajstić information content (AvgIpc) is 1.81. The summed E-state index contributed by atoms with van der Waals surface area (Å²) in [5.41, 5.74) is -1.49. The van der Waals surface area contributed by atoms with Crippen LogP contribution in [-0.4, -0.2) is 204 Å². The molecule has 2 heterocycles. The predicted molar refractivity (Wildman–Crippen MR) is 318 cm³/mol. The maximum absolute atomic E-state index is 12.9. The van der Waals surface area contributed by atoms with Gasteiger partial charge in [0.15, 0.2) is 5.71 Å². The van der Waals surface area contributed by atoms with Gasteiger partial charge in [-0.05, 0) is 110 Å². The largest absolute Gasteiger partial charge is 0.744 e. The number of carboxylic acids is 1. The fourth-order valence-corrected chi connectivity index (χ4v) is 14.7. The molecule has 6 N–H and O–H groups in total. The highest BCUT2D eigenvalue weighted by Gasteiger charge is 2.50. The minimum absolute atomic E-state index is 0.0136. The molecule has 0 saturated heterocycles. The summed E-state index contributed by atoms with van der Waals surface area (Å²) in [5, 5.41) is 8.71. The van der Waals surface area contributed by atoms with Crippen LogP contribution in [0.3, 0.4) is 0 Å². The zero-order valence-corrected chi connectivity index (χ0v) is 53.2. The van der Waals surface area contributed by atoms with Gasteiger partial charge in [-0.2, -0.15) is 46.7 Å². The molecule has 2 atom stereocenters. The lowest BCUT2D eigenvalue weighted by Crippen LogP contribution is -2.33. The monoisotopic (exact) mass is 1360 g/mol. The number of nitrogens with zero attached hydrogens (tertiary/aromatic N) is 2. The Labute approximate surface area is 511 Å². The SMILES string of the molecule is COCCOCCOCCOCCOCCOCCC1(C)/C(=C\C=C\C2=[N+](CCCS(=O)(=O)O)c3ccc4c(S(=O)(=O)O)cc(S(=O)(=O)O)cc4c3C2(C)CCCS(=O)(=O)O)N(CCCCCC(=O)O)c2ccc3c(S(=O)(=O)[O-])cc(S(=O)(=O)O)cc3c21. The molecule has 0 fully saturated rings. The summed E-state index contributed by atoms with van der Waals surface area (Å²) in [5.74, 6) is -2.66. The van der Waals surface area contributed by atoms with Crippen molar-refractivity contribution in [1.82, 2.24) is 0 Å². The Balaban J connectivity index is 1.51. The van der Waals surface area contributed by atoms with E-state index in [1.165, 1.54) is 36.4 Å². The molecule has 2 aliphatic heterocycles. The molecular formula is C54H72N2O26S6. The lowest BCUT2D eigenvalue weighted by atomic mass is 9.74. The standard InChI is InChI=1S/C54H72N2O26S6/c1-53(17-8-32-83(59,60)61)48(56(20-9-33-84(62,63)64)44-15-13-40-42(51(44)53)34-38(85(65,66)67)36-46(40)87(71,72)73)10-7-11-49-54(2,18-21-78-24-25-80-28-29-82-31-30-81-27-26-79-23-22-77-3)52-43-35-39(86(68,69)70)37-47(88(74,75)76)41(43)14-16-45(52)55(49)19-6-4-5-12-50(57)58/h7,10-11,13-16,34-37H,4-6,8-9,12,17-33H2,1-3H3,(H6-,57,58,59,60,61,62,63,64,65,66,67,68,69,70,71,72,73,74,75,76). The van der Waals surface area contributed by atoms with Crippen molar-refractivity contribution < 1.29 is 121 Å². The van der Waals surface area contributed by atoms with Gasteiger partial charge < -0.3 is 43.0 Å². The second-order valence-corrected chi connectivity index (χ2v) is 29.9. The van der Waals surface area contributed by atoms with Gasteiger partial charge in [0.2, 0.25) is 5.69 Å². The number of benzene rings is 4. The number of hydrogen-bond donors (Lipinski definition) is 6. The quantitative estimate of drug-likeness (QED) is 0.0197. The number of fused-ring (bicyclic) bond motifs is 6. The zero-order valence-electron chi connectivity index (χ0n) is 48.3. The molecular weight excluding hydrogens is 1280 g/mol. The first-order chi connectivity index (χ1) is 41.0. The summed E-state index contributed by atoms with van der Waals surface area (Å²) in [6.45, 7) is 5.93. The molecule has 0 amide bonds. The fraction of sp³-hybridized carbons (Fsp3) is 0.519. The van der Waals surface area contributed by atoms with Crippen LogP contribution < -0.4 is 4.90 Å². The van der Waals surface area contributed by atoms with E-state index in [4.69, 9.17) is 28.4 Å². The molecule has 34 heteroatoms. The van der Waals surface area contributed by atoms with Gasteiger partial charge in [-0.25, -0.2) is 8.42 Å². The van der Waals surface area contributed by atoms with Gasteiger partial charge in [-0.15, -0.1) is 0 Å². The Morgan fingerprint density at radius 3 is 1.58 bits per heavy atom. The molecule has 2 aliphatic rings. The van der Waals surface area contributed by atoms with Crippen LogP contribution in [-0.2, 0) is 105 Å². The minimum Gasteiger partial charge on any atom is -0.744 e. The first-order valence-electron chi connectivity index (χ1n) is 27.4. The van der Waals surface area contributed by atoms with Crippen LogP contribution in [0.15, 0.2) is 92.0 Å². The van der Waals surface area contributed by atoms with Gasteiger partial charge in [0.1, 0.15) is 21.6 Å². The molecule has 4 aromatic carbocycles. The molecule has 0 bridgehead atoms. The second-order valence-electron chi connectivity index (χ2n) is 21.1. The summed E-state index contributed by atoms with van der Waals surface area (Å²) in [6, 6.07) is 8.46. The van der Waals surface area contributed by atoms with E-state index >= 15 is 0 Å². The lowest BCUT2D eigenvalue weighted by molar-refractivity contribution is -0.437. The normalized spacial score (nSPS) is 18.2. The van der Waals surface area contributed by atoms with Crippen molar-refractivity contribution in [1.29, 1.82) is 0 Å². The van der Waals surface area contributed by atoms with Crippen molar-refractivity contribution in [3.8, 4) is 0 Å². The van der Waals surface area contributed by atoms with Crippen LogP contribution in [0.2, 0.25) is 0 Å². The number of aliphatic carboxylic acids is 1. The van der Waals surface area contributed by atoms with Gasteiger partial charge in [0.05, 0.1) is 97.7 Å². The summed E-state index contributed by atoms with van der Waals surface area (Å²) in [6.07, 6.45) is 4.59. The van der Waals surface area contributed by atoms with Gasteiger partial charge in [-0.1, -0.05) is 18.6 Å². The van der Waals surface area contributed by atoms with Crippen molar-refractivity contribution in [2.75, 3.05) is 109 Å². The Morgan fingerprint density at radius 2 is 1.07 bits per heavy atom. The predicted octanol–water partition coefficient (Wildman–Crippen LogP) is 4.92. The van der Waals surface area contributed by atoms with Crippen molar-refractivity contribution >= 4 is 105 Å². The Bertz CT molecular complexity index is 4020. The van der Waals surface area contributed by atoms with Crippen molar-refractivity contribution in [2.24, 2.45) is 0 Å². The van der Waals surface area contributed by atoms with E-state index in [1.54, 1.807) is 36.5 Å². The number of allylic oxidation sites excluding steroid dienone is 4. The van der Waals surface area contributed by atoms with Gasteiger partial charge >= 0.3 is 5.97 Å². The number of ether oxygens (including phenoxy) is 6. The minimum atomic E-state index is -5.45. The molecule has 88 heavy (non-hydrogen) atoms. The van der Waals surface area contributed by atoms with E-state index in [2.05, 4.69) is 0 Å². The van der Waals surface area contributed by atoms with Crippen molar-refractivity contribution in [3.05, 3.63) is 83.6 Å². The molecule has 490 valence electrons. The van der Waals surface area contributed by atoms with Gasteiger partial charge in [-0.3, -0.25) is 27.6 Å². The third-order valence-electron chi connectivity index (χ3n) is 14.9. The molecule has 2 unspecified atom stereocenters. The van der Waals surface area contributed by atoms with Gasteiger partial charge in [0, 0.05) is 73.0 Å². The number of hydrogen-bond acceptors (Lipinski definition) is 21. The van der Waals surface area contributed by atoms with E-state index in [0.717, 1.165) is 12.1 Å². The number of anilines is 1. The molecule has 0 radical (unpaired) electrons. The smallest absolute Gasteiger partial charge is 0.303 e. The topological polar surface area (TPSA) is 428 Å². The molecule has 4 aromatic rings. The van der Waals surface area contributed by atoms with Crippen molar-refractivity contribution in [2.45, 2.75) is 95.6 Å². The average molecular weight is 1360 g/mol. The van der Waals surface area contributed by atoms with E-state index in [-0.39, 0.29) is 129 Å². The first-order valence-corrected chi connectivity index (χ1v) is 36.4. The fourth-order valence-electron chi connectivity index (χ4n) is 11.1. The van der Waals surface area contributed by atoms with E-state index in [1.807, 2.05) is 0 Å². The van der Waals surface area contributed by atoms with E-state index in [9.17, 15) is 87.7 Å². The van der Waals surface area contributed by atoms with Gasteiger partial charge in [0.25, 0.3) is 50.6 Å². The van der Waals surface area contributed by atoms with Crippen LogP contribution >= 0.6 is 0 Å². The summed E-state index contributed by atoms with van der Waals surface area (Å²) >= 11 is 0. The number of carboxylic acid groups (broad SMARTS) is 1. The van der Waals surface area contributed by atoms with E-state index in [0.29, 0.717) is 76.0 Å². The molecule has 0 aromatic heterocycles. The third-order valence-corrected chi connectivity index (χ3v) is 20.0. The number of carbonyl (C=O) groups is 1. The number of unbranched alkanes of at least 4 members (excludes halogenated alkanes) is 2. The highest BCUT2D eigenvalue weighted by atomic mass is 32.2. The highest BCUT2D eigenvalue weighted by Crippen LogP contribution is 2.54. The molecule has 0 saturated carbocycles.